The molecule has 8 heteroatoms. The average Bonchev–Trinajstić information content (AvgIpc) is 3.01. The van der Waals surface area contributed by atoms with Crippen molar-refractivity contribution in [2.75, 3.05) is 11.9 Å². The monoisotopic (exact) mass is 391 g/mol. The van der Waals surface area contributed by atoms with E-state index in [1.807, 2.05) is 25.1 Å². The SMILES string of the molecule is Cc1ccc2c(Cl)cc(Cl)c(OCC(=O)Nc3sccc3C#N)c2n1. The molecular weight excluding hydrogens is 381 g/mol. The molecule has 0 aliphatic rings. The number of nitrogens with zero attached hydrogens (tertiary/aromatic N) is 2. The Labute approximate surface area is 157 Å². The highest BCUT2D eigenvalue weighted by molar-refractivity contribution is 7.14. The molecule has 0 fully saturated rings. The molecule has 0 aliphatic heterocycles. The smallest absolute Gasteiger partial charge is 0.262 e. The Bertz CT molecular complexity index is 1010. The van der Waals surface area contributed by atoms with Gasteiger partial charge in [0.15, 0.2) is 12.4 Å². The predicted octanol–water partition coefficient (Wildman–Crippen LogP) is 4.80. The van der Waals surface area contributed by atoms with Gasteiger partial charge in [0.25, 0.3) is 5.91 Å². The second-order valence-electron chi connectivity index (χ2n) is 5.13. The third-order valence-electron chi connectivity index (χ3n) is 3.36. The van der Waals surface area contributed by atoms with Gasteiger partial charge in [-0.15, -0.1) is 11.3 Å². The van der Waals surface area contributed by atoms with Crippen LogP contribution in [0.15, 0.2) is 29.6 Å². The molecule has 0 saturated heterocycles. The lowest BCUT2D eigenvalue weighted by atomic mass is 10.2. The number of aryl methyl sites for hydroxylation is 1. The number of anilines is 1. The van der Waals surface area contributed by atoms with E-state index in [1.165, 1.54) is 11.3 Å². The van der Waals surface area contributed by atoms with Gasteiger partial charge >= 0.3 is 0 Å². The first-order valence-electron chi connectivity index (χ1n) is 7.15. The fraction of sp³-hybridized carbons (Fsp3) is 0.118. The van der Waals surface area contributed by atoms with Crippen LogP contribution >= 0.6 is 34.5 Å². The molecule has 0 spiro atoms. The molecule has 0 unspecified atom stereocenters. The summed E-state index contributed by atoms with van der Waals surface area (Å²) < 4.78 is 5.60. The average molecular weight is 392 g/mol. The Hall–Kier alpha value is -2.33. The van der Waals surface area contributed by atoms with Crippen molar-refractivity contribution < 1.29 is 9.53 Å². The standard InChI is InChI=1S/C17H11Cl2N3O2S/c1-9-2-3-11-12(18)6-13(19)16(15(11)21-9)24-8-14(23)22-17-10(7-20)4-5-25-17/h2-6H,8H2,1H3,(H,22,23). The van der Waals surface area contributed by atoms with Gasteiger partial charge in [0.05, 0.1) is 15.6 Å². The molecule has 3 rings (SSSR count). The lowest BCUT2D eigenvalue weighted by molar-refractivity contribution is -0.118. The van der Waals surface area contributed by atoms with E-state index in [-0.39, 0.29) is 11.6 Å². The highest BCUT2D eigenvalue weighted by atomic mass is 35.5. The van der Waals surface area contributed by atoms with E-state index in [4.69, 9.17) is 33.2 Å². The fourth-order valence-electron chi connectivity index (χ4n) is 2.22. The molecule has 0 saturated carbocycles. The van der Waals surface area contributed by atoms with E-state index < -0.39 is 5.91 Å². The van der Waals surface area contributed by atoms with Crippen molar-refractivity contribution in [1.82, 2.24) is 4.98 Å². The van der Waals surface area contributed by atoms with Crippen molar-refractivity contribution in [2.24, 2.45) is 0 Å². The number of rotatable bonds is 4. The normalized spacial score (nSPS) is 10.5. The summed E-state index contributed by atoms with van der Waals surface area (Å²) in [5.74, 6) is -0.0997. The summed E-state index contributed by atoms with van der Waals surface area (Å²) in [6, 6.07) is 8.86. The summed E-state index contributed by atoms with van der Waals surface area (Å²) in [6.45, 7) is 1.57. The largest absolute Gasteiger partial charge is 0.480 e. The number of halogens is 2. The van der Waals surface area contributed by atoms with E-state index in [1.54, 1.807) is 17.5 Å². The molecule has 0 radical (unpaired) electrons. The number of nitrogens with one attached hydrogen (secondary N) is 1. The number of pyridine rings is 1. The van der Waals surface area contributed by atoms with Gasteiger partial charge in [-0.3, -0.25) is 4.79 Å². The van der Waals surface area contributed by atoms with Gasteiger partial charge in [0.1, 0.15) is 16.6 Å². The van der Waals surface area contributed by atoms with Crippen molar-refractivity contribution in [1.29, 1.82) is 5.26 Å². The van der Waals surface area contributed by atoms with Crippen LogP contribution < -0.4 is 10.1 Å². The Morgan fingerprint density at radius 1 is 1.36 bits per heavy atom. The first-order chi connectivity index (χ1) is 12.0. The third-order valence-corrected chi connectivity index (χ3v) is 4.79. The summed E-state index contributed by atoms with van der Waals surface area (Å²) in [6.07, 6.45) is 0. The van der Waals surface area contributed by atoms with Gasteiger partial charge in [-0.25, -0.2) is 4.98 Å². The zero-order valence-corrected chi connectivity index (χ0v) is 15.3. The van der Waals surface area contributed by atoms with Crippen LogP contribution in [-0.2, 0) is 4.79 Å². The fourth-order valence-corrected chi connectivity index (χ4v) is 3.55. The van der Waals surface area contributed by atoms with Crippen LogP contribution in [0, 0.1) is 18.3 Å². The van der Waals surface area contributed by atoms with E-state index >= 15 is 0 Å². The summed E-state index contributed by atoms with van der Waals surface area (Å²) in [5, 5.41) is 15.3. The second kappa shape index (κ2) is 7.28. The van der Waals surface area contributed by atoms with Crippen LogP contribution in [-0.4, -0.2) is 17.5 Å². The molecule has 25 heavy (non-hydrogen) atoms. The molecule has 1 amide bonds. The summed E-state index contributed by atoms with van der Waals surface area (Å²) in [4.78, 5) is 16.5. The number of benzene rings is 1. The van der Waals surface area contributed by atoms with Crippen LogP contribution in [0.25, 0.3) is 10.9 Å². The van der Waals surface area contributed by atoms with E-state index in [2.05, 4.69) is 10.3 Å². The molecule has 0 atom stereocenters. The molecule has 3 aromatic rings. The Morgan fingerprint density at radius 3 is 2.92 bits per heavy atom. The van der Waals surface area contributed by atoms with Crippen molar-refractivity contribution in [2.45, 2.75) is 6.92 Å². The number of hydrogen-bond acceptors (Lipinski definition) is 5. The number of thiophene rings is 1. The van der Waals surface area contributed by atoms with Crippen molar-refractivity contribution in [3.05, 3.63) is 50.9 Å². The van der Waals surface area contributed by atoms with Crippen LogP contribution in [0.2, 0.25) is 10.0 Å². The quantitative estimate of drug-likeness (QED) is 0.692. The predicted molar refractivity (Wildman–Crippen MR) is 99.7 cm³/mol. The number of amides is 1. The van der Waals surface area contributed by atoms with Gasteiger partial charge in [-0.2, -0.15) is 5.26 Å². The van der Waals surface area contributed by atoms with Crippen LogP contribution in [0.5, 0.6) is 5.75 Å². The van der Waals surface area contributed by atoms with E-state index in [0.29, 0.717) is 32.2 Å². The lowest BCUT2D eigenvalue weighted by Crippen LogP contribution is -2.20. The first kappa shape index (κ1) is 17.5. The number of nitriles is 1. The number of hydrogen-bond donors (Lipinski definition) is 1. The molecule has 2 heterocycles. The highest BCUT2D eigenvalue weighted by Crippen LogP contribution is 2.37. The summed E-state index contributed by atoms with van der Waals surface area (Å²) in [7, 11) is 0. The van der Waals surface area contributed by atoms with Gasteiger partial charge in [0, 0.05) is 11.1 Å². The number of ether oxygens (including phenoxy) is 1. The lowest BCUT2D eigenvalue weighted by Gasteiger charge is -2.12. The zero-order valence-electron chi connectivity index (χ0n) is 13.0. The molecule has 0 bridgehead atoms. The van der Waals surface area contributed by atoms with Gasteiger partial charge < -0.3 is 10.1 Å². The van der Waals surface area contributed by atoms with Crippen molar-refractivity contribution in [3.63, 3.8) is 0 Å². The van der Waals surface area contributed by atoms with Crippen LogP contribution in [0.1, 0.15) is 11.3 Å². The minimum absolute atomic E-state index is 0.269. The Balaban J connectivity index is 1.82. The van der Waals surface area contributed by atoms with Crippen molar-refractivity contribution in [3.8, 4) is 11.8 Å². The van der Waals surface area contributed by atoms with Gasteiger partial charge in [0.2, 0.25) is 0 Å². The Kier molecular flexibility index (Phi) is 5.09. The van der Waals surface area contributed by atoms with Gasteiger partial charge in [-0.05, 0) is 36.6 Å². The molecule has 1 N–H and O–H groups in total. The maximum atomic E-state index is 12.1. The summed E-state index contributed by atoms with van der Waals surface area (Å²) in [5.41, 5.74) is 1.68. The van der Waals surface area contributed by atoms with Crippen molar-refractivity contribution >= 4 is 56.3 Å². The second-order valence-corrected chi connectivity index (χ2v) is 6.86. The molecular formula is C17H11Cl2N3O2S. The van der Waals surface area contributed by atoms with Gasteiger partial charge in [-0.1, -0.05) is 23.2 Å². The van der Waals surface area contributed by atoms with E-state index in [0.717, 1.165) is 5.69 Å². The maximum absolute atomic E-state index is 12.1. The maximum Gasteiger partial charge on any atom is 0.262 e. The molecule has 5 nitrogen and oxygen atoms in total. The van der Waals surface area contributed by atoms with Crippen LogP contribution in [0.3, 0.4) is 0 Å². The highest BCUT2D eigenvalue weighted by Gasteiger charge is 2.15. The van der Waals surface area contributed by atoms with Crippen LogP contribution in [0.4, 0.5) is 5.00 Å². The topological polar surface area (TPSA) is 75.0 Å². The van der Waals surface area contributed by atoms with E-state index in [9.17, 15) is 4.79 Å². The molecule has 126 valence electrons. The molecule has 2 aromatic heterocycles. The summed E-state index contributed by atoms with van der Waals surface area (Å²) >= 11 is 13.7. The number of carbonyl (C=O) groups is 1. The Morgan fingerprint density at radius 2 is 2.16 bits per heavy atom. The minimum Gasteiger partial charge on any atom is -0.480 e. The minimum atomic E-state index is -0.397. The number of aromatic nitrogens is 1. The third kappa shape index (κ3) is 3.69. The molecule has 0 aliphatic carbocycles. The molecule has 1 aromatic carbocycles. The number of carbonyl (C=O) groups excluding carboxylic acids is 1. The first-order valence-corrected chi connectivity index (χ1v) is 8.78. The zero-order chi connectivity index (χ0) is 18.0. The number of fused-ring (bicyclic) bond motifs is 1.